The Morgan fingerprint density at radius 3 is 2.43 bits per heavy atom. The van der Waals surface area contributed by atoms with Crippen LogP contribution in [0.5, 0.6) is 0 Å². The van der Waals surface area contributed by atoms with E-state index in [4.69, 9.17) is 0 Å². The number of hydrogen-bond acceptors (Lipinski definition) is 3. The van der Waals surface area contributed by atoms with Gasteiger partial charge in [0.05, 0.1) is 6.54 Å². The fourth-order valence-electron chi connectivity index (χ4n) is 2.55. The Morgan fingerprint density at radius 1 is 1.19 bits per heavy atom. The highest BCUT2D eigenvalue weighted by molar-refractivity contribution is 6.35. The van der Waals surface area contributed by atoms with Gasteiger partial charge in [-0.15, -0.1) is 0 Å². The van der Waals surface area contributed by atoms with Crippen molar-refractivity contribution >= 4 is 11.8 Å². The zero-order valence-corrected chi connectivity index (χ0v) is 12.3. The molecule has 3 N–H and O–H groups in total. The Hall–Kier alpha value is -1.88. The highest BCUT2D eigenvalue weighted by atomic mass is 16.3. The Labute approximate surface area is 124 Å². The molecule has 1 unspecified atom stereocenters. The third kappa shape index (κ3) is 4.29. The van der Waals surface area contributed by atoms with Crippen molar-refractivity contribution in [1.82, 2.24) is 10.6 Å². The van der Waals surface area contributed by atoms with Gasteiger partial charge in [-0.1, -0.05) is 43.2 Å². The van der Waals surface area contributed by atoms with Gasteiger partial charge in [-0.2, -0.15) is 0 Å². The van der Waals surface area contributed by atoms with Gasteiger partial charge in [0.1, 0.15) is 5.60 Å². The third-order valence-corrected chi connectivity index (χ3v) is 3.89. The zero-order chi connectivity index (χ0) is 15.3. The molecule has 0 heterocycles. The van der Waals surface area contributed by atoms with Crippen LogP contribution in [-0.2, 0) is 15.2 Å². The molecule has 0 aliphatic heterocycles. The fraction of sp³-hybridized carbons (Fsp3) is 0.500. The van der Waals surface area contributed by atoms with Crippen molar-refractivity contribution in [2.75, 3.05) is 6.54 Å². The van der Waals surface area contributed by atoms with E-state index in [1.165, 1.54) is 0 Å². The van der Waals surface area contributed by atoms with Crippen LogP contribution in [-0.4, -0.2) is 29.5 Å². The lowest BCUT2D eigenvalue weighted by atomic mass is 9.96. The molecule has 0 radical (unpaired) electrons. The number of carbonyl (C=O) groups excluding carboxylic acids is 2. The lowest BCUT2D eigenvalue weighted by Crippen LogP contribution is -2.47. The minimum absolute atomic E-state index is 0.00602. The van der Waals surface area contributed by atoms with Gasteiger partial charge in [-0.05, 0) is 25.3 Å². The number of aliphatic hydroxyl groups is 1. The van der Waals surface area contributed by atoms with Gasteiger partial charge in [0.15, 0.2) is 0 Å². The summed E-state index contributed by atoms with van der Waals surface area (Å²) < 4.78 is 0. The van der Waals surface area contributed by atoms with Crippen LogP contribution < -0.4 is 10.6 Å². The van der Waals surface area contributed by atoms with E-state index in [1.54, 1.807) is 19.1 Å². The molecule has 2 rings (SSSR count). The summed E-state index contributed by atoms with van der Waals surface area (Å²) in [4.78, 5) is 23.5. The van der Waals surface area contributed by atoms with E-state index in [-0.39, 0.29) is 12.6 Å². The molecule has 5 nitrogen and oxygen atoms in total. The van der Waals surface area contributed by atoms with Gasteiger partial charge in [0.2, 0.25) is 0 Å². The summed E-state index contributed by atoms with van der Waals surface area (Å²) in [6.45, 7) is 1.60. The van der Waals surface area contributed by atoms with E-state index in [0.29, 0.717) is 5.56 Å². The molecule has 1 aromatic carbocycles. The van der Waals surface area contributed by atoms with Crippen LogP contribution in [0.2, 0.25) is 0 Å². The Balaban J connectivity index is 1.84. The summed E-state index contributed by atoms with van der Waals surface area (Å²) in [6.07, 6.45) is 4.05. The zero-order valence-electron chi connectivity index (χ0n) is 12.3. The molecule has 0 spiro atoms. The lowest BCUT2D eigenvalue weighted by molar-refractivity contribution is -0.140. The second-order valence-corrected chi connectivity index (χ2v) is 5.78. The van der Waals surface area contributed by atoms with Crippen LogP contribution >= 0.6 is 0 Å². The molecule has 0 aromatic heterocycles. The number of rotatable bonds is 4. The maximum Gasteiger partial charge on any atom is 0.309 e. The number of amides is 2. The topological polar surface area (TPSA) is 78.4 Å². The molecule has 21 heavy (non-hydrogen) atoms. The monoisotopic (exact) mass is 290 g/mol. The van der Waals surface area contributed by atoms with Crippen molar-refractivity contribution < 1.29 is 14.7 Å². The minimum Gasteiger partial charge on any atom is -0.384 e. The first-order valence-electron chi connectivity index (χ1n) is 7.35. The summed E-state index contributed by atoms with van der Waals surface area (Å²) in [5, 5.41) is 15.6. The van der Waals surface area contributed by atoms with Gasteiger partial charge >= 0.3 is 11.8 Å². The SMILES string of the molecule is CC(O)(CNC(=O)C(=O)NC1CCCC1)c1ccccc1. The normalized spacial score (nSPS) is 18.0. The molecule has 1 aliphatic carbocycles. The fourth-order valence-corrected chi connectivity index (χ4v) is 2.55. The molecule has 0 bridgehead atoms. The van der Waals surface area contributed by atoms with Gasteiger partial charge in [0, 0.05) is 6.04 Å². The molecule has 114 valence electrons. The van der Waals surface area contributed by atoms with Gasteiger partial charge in [-0.3, -0.25) is 9.59 Å². The van der Waals surface area contributed by atoms with Crippen molar-refractivity contribution in [3.8, 4) is 0 Å². The van der Waals surface area contributed by atoms with Crippen LogP contribution in [0.1, 0.15) is 38.2 Å². The molecule has 2 amide bonds. The van der Waals surface area contributed by atoms with E-state index in [1.807, 2.05) is 18.2 Å². The summed E-state index contributed by atoms with van der Waals surface area (Å²) in [6, 6.07) is 9.16. The molecular weight excluding hydrogens is 268 g/mol. The molecule has 0 saturated heterocycles. The number of nitrogens with one attached hydrogen (secondary N) is 2. The standard InChI is InChI=1S/C16H22N2O3/c1-16(21,12-7-3-2-4-8-12)11-17-14(19)15(20)18-13-9-5-6-10-13/h2-4,7-8,13,21H,5-6,9-11H2,1H3,(H,17,19)(H,18,20). The van der Waals surface area contributed by atoms with Crippen molar-refractivity contribution in [3.63, 3.8) is 0 Å². The second kappa shape index (κ2) is 6.72. The van der Waals surface area contributed by atoms with Crippen molar-refractivity contribution in [2.24, 2.45) is 0 Å². The first-order chi connectivity index (χ1) is 9.99. The smallest absolute Gasteiger partial charge is 0.309 e. The highest BCUT2D eigenvalue weighted by Crippen LogP contribution is 2.19. The largest absolute Gasteiger partial charge is 0.384 e. The predicted molar refractivity (Wildman–Crippen MR) is 79.4 cm³/mol. The van der Waals surface area contributed by atoms with Gasteiger partial charge in [-0.25, -0.2) is 0 Å². The molecule has 1 atom stereocenters. The molecular formula is C16H22N2O3. The van der Waals surface area contributed by atoms with Crippen LogP contribution in [0.25, 0.3) is 0 Å². The highest BCUT2D eigenvalue weighted by Gasteiger charge is 2.26. The maximum absolute atomic E-state index is 11.8. The second-order valence-electron chi connectivity index (χ2n) is 5.78. The first-order valence-corrected chi connectivity index (χ1v) is 7.35. The first kappa shape index (κ1) is 15.5. The Bertz CT molecular complexity index is 494. The molecule has 1 fully saturated rings. The van der Waals surface area contributed by atoms with Crippen LogP contribution in [0, 0.1) is 0 Å². The van der Waals surface area contributed by atoms with E-state index in [2.05, 4.69) is 10.6 Å². The average molecular weight is 290 g/mol. The molecule has 1 aliphatic rings. The number of hydrogen-bond donors (Lipinski definition) is 3. The van der Waals surface area contributed by atoms with Crippen molar-refractivity contribution in [2.45, 2.75) is 44.2 Å². The molecule has 1 aromatic rings. The minimum atomic E-state index is -1.20. The third-order valence-electron chi connectivity index (χ3n) is 3.89. The van der Waals surface area contributed by atoms with Crippen LogP contribution in [0.3, 0.4) is 0 Å². The Kier molecular flexibility index (Phi) is 4.96. The van der Waals surface area contributed by atoms with E-state index < -0.39 is 17.4 Å². The summed E-state index contributed by atoms with van der Waals surface area (Å²) in [5.41, 5.74) is -0.508. The number of benzene rings is 1. The predicted octanol–water partition coefficient (Wildman–Crippen LogP) is 1.07. The summed E-state index contributed by atoms with van der Waals surface area (Å²) >= 11 is 0. The van der Waals surface area contributed by atoms with E-state index in [0.717, 1.165) is 25.7 Å². The summed E-state index contributed by atoms with van der Waals surface area (Å²) in [7, 11) is 0. The van der Waals surface area contributed by atoms with Crippen LogP contribution in [0.4, 0.5) is 0 Å². The molecule has 5 heteroatoms. The summed E-state index contributed by atoms with van der Waals surface area (Å²) in [5.74, 6) is -1.32. The van der Waals surface area contributed by atoms with Gasteiger partial charge < -0.3 is 15.7 Å². The van der Waals surface area contributed by atoms with Crippen LogP contribution in [0.15, 0.2) is 30.3 Å². The lowest BCUT2D eigenvalue weighted by Gasteiger charge is -2.24. The maximum atomic E-state index is 11.8. The average Bonchev–Trinajstić information content (AvgIpc) is 2.98. The van der Waals surface area contributed by atoms with Gasteiger partial charge in [0.25, 0.3) is 0 Å². The van der Waals surface area contributed by atoms with E-state index in [9.17, 15) is 14.7 Å². The quantitative estimate of drug-likeness (QED) is 0.726. The van der Waals surface area contributed by atoms with E-state index >= 15 is 0 Å². The molecule has 1 saturated carbocycles. The Morgan fingerprint density at radius 2 is 1.81 bits per heavy atom. The number of carbonyl (C=O) groups is 2. The van der Waals surface area contributed by atoms with Crippen molar-refractivity contribution in [3.05, 3.63) is 35.9 Å². The van der Waals surface area contributed by atoms with Crippen molar-refractivity contribution in [1.29, 1.82) is 0 Å².